The molecule has 12 unspecified atom stereocenters. The molecule has 384 valence electrons. The lowest BCUT2D eigenvalue weighted by atomic mass is 9.63. The Labute approximate surface area is 463 Å². The van der Waals surface area contributed by atoms with Gasteiger partial charge in [0.1, 0.15) is 11.6 Å². The molecule has 0 spiro atoms. The Hall–Kier alpha value is -7.40. The number of fused-ring (bicyclic) bond motifs is 14. The van der Waals surface area contributed by atoms with E-state index in [4.69, 9.17) is 9.47 Å². The van der Waals surface area contributed by atoms with E-state index in [1.54, 1.807) is 0 Å². The summed E-state index contributed by atoms with van der Waals surface area (Å²) in [5.74, 6) is 3.81. The molecule has 0 N–H and O–H groups in total. The van der Waals surface area contributed by atoms with Gasteiger partial charge in [-0.25, -0.2) is 0 Å². The predicted molar refractivity (Wildman–Crippen MR) is 309 cm³/mol. The maximum absolute atomic E-state index is 16.4. The molecule has 0 radical (unpaired) electrons. The van der Waals surface area contributed by atoms with Crippen LogP contribution in [0.5, 0.6) is 23.0 Å². The van der Waals surface area contributed by atoms with E-state index in [2.05, 4.69) is 202 Å². The molecule has 10 heteroatoms. The van der Waals surface area contributed by atoms with E-state index >= 15 is 9.59 Å². The average Bonchev–Trinajstić information content (AvgIpc) is 3.96. The summed E-state index contributed by atoms with van der Waals surface area (Å²) >= 11 is 3.70. The molecule has 8 aromatic carbocycles. The van der Waals surface area contributed by atoms with Gasteiger partial charge in [-0.05, 0) is 159 Å². The minimum absolute atomic E-state index is 0.0140. The molecule has 5 fully saturated rings. The summed E-state index contributed by atoms with van der Waals surface area (Å²) in [6, 6.07) is 69.1. The van der Waals surface area contributed by atoms with Crippen LogP contribution in [-0.4, -0.2) is 35.7 Å². The largest absolute Gasteiger partial charge is 0.453 e. The van der Waals surface area contributed by atoms with Gasteiger partial charge >= 0.3 is 0 Å². The van der Waals surface area contributed by atoms with Crippen LogP contribution in [0.15, 0.2) is 214 Å². The van der Waals surface area contributed by atoms with Gasteiger partial charge < -0.3 is 29.1 Å². The highest BCUT2D eigenvalue weighted by atomic mass is 32.2. The number of hydrogen-bond acceptors (Lipinski definition) is 10. The fraction of sp³-hybridized carbons (Fsp3) is 0.265. The van der Waals surface area contributed by atoms with Crippen molar-refractivity contribution in [2.75, 3.05) is 19.6 Å². The Balaban J connectivity index is 0.799. The summed E-state index contributed by atoms with van der Waals surface area (Å²) < 4.78 is 13.3. The highest BCUT2D eigenvalue weighted by Gasteiger charge is 2.66. The lowest BCUT2D eigenvalue weighted by molar-refractivity contribution is -0.129. The average molecular weight is 1060 g/mol. The molecule has 17 rings (SSSR count). The summed E-state index contributed by atoms with van der Waals surface area (Å²) in [5, 5.41) is 0. The van der Waals surface area contributed by atoms with E-state index < -0.39 is 0 Å². The van der Waals surface area contributed by atoms with Gasteiger partial charge in [-0.3, -0.25) is 9.59 Å². The Morgan fingerprint density at radius 2 is 0.679 bits per heavy atom. The number of carbonyl (C=O) groups is 2. The Morgan fingerprint density at radius 1 is 0.321 bits per heavy atom. The Morgan fingerprint density at radius 3 is 1.18 bits per heavy atom. The number of ketones is 2. The number of anilines is 8. The zero-order valence-corrected chi connectivity index (χ0v) is 44.5. The molecule has 9 aliphatic rings. The molecule has 0 saturated heterocycles. The second-order valence-corrected chi connectivity index (χ2v) is 25.4. The maximum atomic E-state index is 16.4. The number of nitrogens with zero attached hydrogens (tertiary/aromatic N) is 4. The summed E-state index contributed by atoms with van der Waals surface area (Å²) in [7, 11) is 0. The molecule has 0 amide bonds. The molecule has 8 aromatic rings. The van der Waals surface area contributed by atoms with E-state index in [0.717, 1.165) is 84.3 Å². The molecule has 12 atom stereocenters. The zero-order chi connectivity index (χ0) is 51.3. The van der Waals surface area contributed by atoms with Gasteiger partial charge in [0.2, 0.25) is 0 Å². The Kier molecular flexibility index (Phi) is 10.3. The van der Waals surface area contributed by atoms with E-state index in [-0.39, 0.29) is 71.5 Å². The number of benzene rings is 8. The summed E-state index contributed by atoms with van der Waals surface area (Å²) in [4.78, 5) is 47.9. The molecule has 0 aromatic heterocycles. The van der Waals surface area contributed by atoms with Crippen molar-refractivity contribution in [3.05, 3.63) is 194 Å². The molecular weight excluding hydrogens is 1000 g/mol. The monoisotopic (exact) mass is 1060 g/mol. The van der Waals surface area contributed by atoms with Crippen LogP contribution in [0.1, 0.15) is 38.5 Å². The van der Waals surface area contributed by atoms with Crippen molar-refractivity contribution in [2.24, 2.45) is 47.3 Å². The van der Waals surface area contributed by atoms with E-state index in [1.807, 2.05) is 35.7 Å². The van der Waals surface area contributed by atoms with E-state index in [1.165, 1.54) is 42.3 Å². The zero-order valence-electron chi connectivity index (χ0n) is 42.9. The second-order valence-electron chi connectivity index (χ2n) is 23.2. The van der Waals surface area contributed by atoms with Crippen LogP contribution in [0.25, 0.3) is 0 Å². The topological polar surface area (TPSA) is 65.6 Å². The van der Waals surface area contributed by atoms with Crippen LogP contribution in [0, 0.1) is 47.3 Å². The summed E-state index contributed by atoms with van der Waals surface area (Å²) in [5.41, 5.74) is 9.00. The van der Waals surface area contributed by atoms with Crippen molar-refractivity contribution in [3.63, 3.8) is 0 Å². The minimum atomic E-state index is -0.228. The van der Waals surface area contributed by atoms with Crippen molar-refractivity contribution in [1.82, 2.24) is 0 Å². The first-order chi connectivity index (χ1) is 38.5. The molecular formula is C68H56N4O4S2. The minimum Gasteiger partial charge on any atom is -0.453 e. The molecule has 5 aliphatic carbocycles. The fourth-order valence-electron chi connectivity index (χ4n) is 17.0. The maximum Gasteiger partial charge on any atom is 0.151 e. The molecule has 0 bridgehead atoms. The van der Waals surface area contributed by atoms with Crippen molar-refractivity contribution in [2.45, 2.75) is 82.3 Å². The number of ether oxygens (including phenoxy) is 2. The van der Waals surface area contributed by atoms with Gasteiger partial charge in [-0.2, -0.15) is 0 Å². The number of rotatable bonds is 4. The SMILES string of the molecule is O=C1C2CC3C(CC2C2C1CC(N1c4ccccc4Sc4ccccc41)CC2N1c2ccccc2Sc2ccccc21)C(=O)C1C3CC(N2c3ccccc3Oc3ccccc32)CC1N1c2ccccc2Oc2ccccc21. The van der Waals surface area contributed by atoms with Gasteiger partial charge in [0, 0.05) is 67.4 Å². The summed E-state index contributed by atoms with van der Waals surface area (Å²) in [6.07, 6.45) is 4.78. The molecule has 5 saturated carbocycles. The highest BCUT2D eigenvalue weighted by Crippen LogP contribution is 2.66. The van der Waals surface area contributed by atoms with E-state index in [0.29, 0.717) is 11.6 Å². The van der Waals surface area contributed by atoms with Gasteiger partial charge in [0.05, 0.1) is 45.5 Å². The third-order valence-electron chi connectivity index (χ3n) is 19.7. The van der Waals surface area contributed by atoms with Crippen molar-refractivity contribution < 1.29 is 19.1 Å². The molecule has 4 heterocycles. The van der Waals surface area contributed by atoms with Crippen molar-refractivity contribution in [3.8, 4) is 23.0 Å². The highest BCUT2D eigenvalue weighted by molar-refractivity contribution is 8.00. The quantitative estimate of drug-likeness (QED) is 0.170. The number of carbonyl (C=O) groups excluding carboxylic acids is 2. The first-order valence-electron chi connectivity index (χ1n) is 28.2. The van der Waals surface area contributed by atoms with Crippen LogP contribution >= 0.6 is 23.5 Å². The number of para-hydroxylation sites is 12. The lowest BCUT2D eigenvalue weighted by Gasteiger charge is -2.52. The lowest BCUT2D eigenvalue weighted by Crippen LogP contribution is -2.53. The number of Topliss-reactive ketones (excluding diaryl/α,β-unsaturated/α-hetero) is 2. The standard InChI is InChI=1S/C68H56N4O4S2/c73-67-45-37-41-42-33-39(69-47-17-1-9-25-57(47)75-58-26-10-2-18-48(58)69)36-56(71-49-19-3-11-27-59(49)76-60-28-12-4-20-50(60)71)66(42)68(74)44(41)38-43(45)65-46(67)34-40(70-51-21-5-13-29-61(51)77-62-30-14-6-22-52(62)70)35-55(65)72-53-23-7-15-31-63(53)78-64-32-16-8-24-54(64)72/h1-32,39-46,55-56,65-66H,33-38H2. The van der Waals surface area contributed by atoms with Gasteiger partial charge in [0.25, 0.3) is 0 Å². The third kappa shape index (κ3) is 6.68. The molecule has 8 nitrogen and oxygen atoms in total. The third-order valence-corrected chi connectivity index (χ3v) is 22.0. The van der Waals surface area contributed by atoms with Crippen LogP contribution < -0.4 is 29.1 Å². The fourth-order valence-corrected chi connectivity index (χ4v) is 19.1. The van der Waals surface area contributed by atoms with Crippen LogP contribution in [0.2, 0.25) is 0 Å². The second kappa shape index (κ2) is 17.6. The predicted octanol–water partition coefficient (Wildman–Crippen LogP) is 16.4. The molecule has 4 aliphatic heterocycles. The van der Waals surface area contributed by atoms with Crippen LogP contribution in [0.4, 0.5) is 45.5 Å². The van der Waals surface area contributed by atoms with Crippen LogP contribution in [0.3, 0.4) is 0 Å². The van der Waals surface area contributed by atoms with Crippen molar-refractivity contribution in [1.29, 1.82) is 0 Å². The van der Waals surface area contributed by atoms with E-state index in [9.17, 15) is 0 Å². The van der Waals surface area contributed by atoms with Gasteiger partial charge in [-0.1, -0.05) is 121 Å². The van der Waals surface area contributed by atoms with Gasteiger partial charge in [-0.15, -0.1) is 0 Å². The normalized spacial score (nSPS) is 29.3. The molecule has 78 heavy (non-hydrogen) atoms. The summed E-state index contributed by atoms with van der Waals surface area (Å²) in [6.45, 7) is 0. The van der Waals surface area contributed by atoms with Gasteiger partial charge in [0.15, 0.2) is 23.0 Å². The Bertz CT molecular complexity index is 3610. The first-order valence-corrected chi connectivity index (χ1v) is 29.8. The van der Waals surface area contributed by atoms with Crippen molar-refractivity contribution >= 4 is 80.6 Å². The van der Waals surface area contributed by atoms with Crippen LogP contribution in [-0.2, 0) is 9.59 Å². The number of hydrogen-bond donors (Lipinski definition) is 0. The smallest absolute Gasteiger partial charge is 0.151 e. The first kappa shape index (κ1) is 45.6.